The van der Waals surface area contributed by atoms with E-state index in [9.17, 15) is 0 Å². The summed E-state index contributed by atoms with van der Waals surface area (Å²) < 4.78 is 0. The molecule has 0 fully saturated rings. The fourth-order valence-electron chi connectivity index (χ4n) is 1.69. The van der Waals surface area contributed by atoms with E-state index < -0.39 is 0 Å². The first-order valence-corrected chi connectivity index (χ1v) is 7.40. The molecular weight excluding hydrogens is 188 g/mol. The van der Waals surface area contributed by atoms with Gasteiger partial charge < -0.3 is 0 Å². The number of hydrogen-bond acceptors (Lipinski definition) is 0. The third-order valence-electron chi connectivity index (χ3n) is 2.58. The minimum atomic E-state index is 0.493. The van der Waals surface area contributed by atoms with Crippen molar-refractivity contribution < 1.29 is 0 Å². The number of rotatable bonds is 7. The quantitative estimate of drug-likeness (QED) is 0.434. The van der Waals surface area contributed by atoms with Crippen LogP contribution in [0.3, 0.4) is 0 Å². The van der Waals surface area contributed by atoms with Crippen molar-refractivity contribution in [3.05, 3.63) is 22.4 Å². The predicted octanol–water partition coefficient (Wildman–Crippen LogP) is 5.10. The van der Waals surface area contributed by atoms with Crippen LogP contribution >= 0.6 is 10.5 Å². The molecule has 1 atom stereocenters. The van der Waals surface area contributed by atoms with Crippen molar-refractivity contribution in [3.63, 3.8) is 0 Å². The Hall–Kier alpha value is -0.300. The zero-order valence-corrected chi connectivity index (χ0v) is 10.4. The van der Waals surface area contributed by atoms with E-state index >= 15 is 0 Å². The molecule has 1 aromatic rings. The standard InChI is InChI=1S/C13H23S/c1-3-4-5-6-7-8-10-14-11-9-13(2)12-14/h9,11-12H,3-8,10H2,1-2H3/q+1. The molecule has 0 radical (unpaired) electrons. The summed E-state index contributed by atoms with van der Waals surface area (Å²) in [5.74, 6) is 1.39. The molecule has 1 aromatic heterocycles. The molecule has 1 heteroatoms. The van der Waals surface area contributed by atoms with Crippen LogP contribution in [-0.2, 0) is 5.75 Å². The lowest BCUT2D eigenvalue weighted by molar-refractivity contribution is 0.619. The first-order valence-electron chi connectivity index (χ1n) is 5.88. The van der Waals surface area contributed by atoms with Crippen molar-refractivity contribution >= 4 is 10.5 Å². The second-order valence-electron chi connectivity index (χ2n) is 4.11. The lowest BCUT2D eigenvalue weighted by Crippen LogP contribution is -1.79. The summed E-state index contributed by atoms with van der Waals surface area (Å²) in [6, 6.07) is 2.26. The largest absolute Gasteiger partial charge is 0.140 e. The van der Waals surface area contributed by atoms with Crippen LogP contribution in [0.1, 0.15) is 51.0 Å². The molecule has 1 rings (SSSR count). The fraction of sp³-hybridized carbons (Fsp3) is 0.692. The third-order valence-corrected chi connectivity index (χ3v) is 4.50. The van der Waals surface area contributed by atoms with Crippen LogP contribution in [0.5, 0.6) is 0 Å². The topological polar surface area (TPSA) is 0 Å². The second-order valence-corrected chi connectivity index (χ2v) is 5.96. The number of hydrogen-bond donors (Lipinski definition) is 0. The highest BCUT2D eigenvalue weighted by atomic mass is 32.2. The first-order chi connectivity index (χ1) is 6.83. The molecule has 0 aliphatic rings. The van der Waals surface area contributed by atoms with E-state index in [2.05, 4.69) is 30.7 Å². The van der Waals surface area contributed by atoms with Gasteiger partial charge in [0.05, 0.1) is 0 Å². The third kappa shape index (κ3) is 4.80. The van der Waals surface area contributed by atoms with E-state index in [-0.39, 0.29) is 0 Å². The molecule has 1 heterocycles. The first kappa shape index (κ1) is 11.8. The van der Waals surface area contributed by atoms with Crippen LogP contribution < -0.4 is 0 Å². The second kappa shape index (κ2) is 7.05. The summed E-state index contributed by atoms with van der Waals surface area (Å²) in [5.41, 5.74) is 1.46. The van der Waals surface area contributed by atoms with Crippen molar-refractivity contribution in [3.8, 4) is 0 Å². The Balaban J connectivity index is 1.99. The number of thiophene rings is 1. The smallest absolute Gasteiger partial charge is 0.0654 e. The van der Waals surface area contributed by atoms with Gasteiger partial charge >= 0.3 is 0 Å². The molecule has 0 amide bonds. The molecule has 80 valence electrons. The summed E-state index contributed by atoms with van der Waals surface area (Å²) in [7, 11) is 0.493. The molecule has 1 unspecified atom stereocenters. The van der Waals surface area contributed by atoms with E-state index in [0.717, 1.165) is 0 Å². The summed E-state index contributed by atoms with van der Waals surface area (Å²) in [6.07, 6.45) is 8.51. The molecule has 0 spiro atoms. The Morgan fingerprint density at radius 1 is 1.07 bits per heavy atom. The summed E-state index contributed by atoms with van der Waals surface area (Å²) in [6.45, 7) is 4.48. The highest BCUT2D eigenvalue weighted by Crippen LogP contribution is 2.23. The van der Waals surface area contributed by atoms with Gasteiger partial charge in [0, 0.05) is 5.56 Å². The monoisotopic (exact) mass is 211 g/mol. The molecular formula is C13H23S+. The van der Waals surface area contributed by atoms with Crippen LogP contribution in [0, 0.1) is 6.92 Å². The minimum absolute atomic E-state index is 0.493. The molecule has 0 bridgehead atoms. The van der Waals surface area contributed by atoms with Crippen LogP contribution in [0.4, 0.5) is 0 Å². The van der Waals surface area contributed by atoms with Crippen LogP contribution in [-0.4, -0.2) is 0 Å². The minimum Gasteiger partial charge on any atom is -0.0654 e. The molecule has 14 heavy (non-hydrogen) atoms. The van der Waals surface area contributed by atoms with Gasteiger partial charge in [-0.2, -0.15) is 0 Å². The van der Waals surface area contributed by atoms with Gasteiger partial charge in [0.15, 0.2) is 0 Å². The van der Waals surface area contributed by atoms with E-state index in [1.807, 2.05) is 0 Å². The van der Waals surface area contributed by atoms with Gasteiger partial charge in [0.2, 0.25) is 0 Å². The van der Waals surface area contributed by atoms with Crippen molar-refractivity contribution in [2.45, 2.75) is 58.1 Å². The van der Waals surface area contributed by atoms with Crippen LogP contribution in [0.15, 0.2) is 16.8 Å². The van der Waals surface area contributed by atoms with Crippen molar-refractivity contribution in [1.82, 2.24) is 0 Å². The van der Waals surface area contributed by atoms with Gasteiger partial charge in [-0.25, -0.2) is 0 Å². The molecule has 0 saturated carbocycles. The van der Waals surface area contributed by atoms with Gasteiger partial charge in [0.1, 0.15) is 16.5 Å². The van der Waals surface area contributed by atoms with Gasteiger partial charge in [0.25, 0.3) is 0 Å². The maximum Gasteiger partial charge on any atom is 0.140 e. The summed E-state index contributed by atoms with van der Waals surface area (Å²) in [5, 5.41) is 4.80. The number of unbranched alkanes of at least 4 members (excludes halogenated alkanes) is 5. The molecule has 0 aliphatic carbocycles. The average Bonchev–Trinajstić information content (AvgIpc) is 2.58. The Labute approximate surface area is 91.3 Å². The van der Waals surface area contributed by atoms with Crippen molar-refractivity contribution in [2.75, 3.05) is 0 Å². The van der Waals surface area contributed by atoms with Gasteiger partial charge in [-0.3, -0.25) is 0 Å². The molecule has 0 nitrogen and oxygen atoms in total. The highest BCUT2D eigenvalue weighted by molar-refractivity contribution is 7.27. The maximum absolute atomic E-state index is 2.42. The lowest BCUT2D eigenvalue weighted by Gasteiger charge is -1.96. The molecule has 0 aliphatic heterocycles. The zero-order chi connectivity index (χ0) is 10.2. The summed E-state index contributed by atoms with van der Waals surface area (Å²) >= 11 is 0. The Morgan fingerprint density at radius 3 is 2.43 bits per heavy atom. The van der Waals surface area contributed by atoms with E-state index in [1.54, 1.807) is 0 Å². The Morgan fingerprint density at radius 2 is 1.79 bits per heavy atom. The van der Waals surface area contributed by atoms with Crippen molar-refractivity contribution in [1.29, 1.82) is 0 Å². The van der Waals surface area contributed by atoms with E-state index in [4.69, 9.17) is 0 Å². The SMILES string of the molecule is CCCCCCCC[s+]1ccc(C)c1. The van der Waals surface area contributed by atoms with E-state index in [0.29, 0.717) is 10.5 Å². The van der Waals surface area contributed by atoms with Gasteiger partial charge in [-0.1, -0.05) is 32.6 Å². The molecule has 0 saturated heterocycles. The zero-order valence-electron chi connectivity index (χ0n) is 9.59. The van der Waals surface area contributed by atoms with Crippen molar-refractivity contribution in [2.24, 2.45) is 0 Å². The maximum atomic E-state index is 2.42. The highest BCUT2D eigenvalue weighted by Gasteiger charge is 2.03. The fourth-order valence-corrected chi connectivity index (χ4v) is 3.50. The lowest BCUT2D eigenvalue weighted by atomic mass is 10.1. The molecule has 0 aromatic carbocycles. The summed E-state index contributed by atoms with van der Waals surface area (Å²) in [4.78, 5) is 0. The molecule has 0 N–H and O–H groups in total. The van der Waals surface area contributed by atoms with Crippen LogP contribution in [0.25, 0.3) is 0 Å². The number of aryl methyl sites for hydroxylation is 2. The van der Waals surface area contributed by atoms with Gasteiger partial charge in [-0.05, 0) is 36.3 Å². The van der Waals surface area contributed by atoms with E-state index in [1.165, 1.54) is 49.8 Å². The predicted molar refractivity (Wildman–Crippen MR) is 67.0 cm³/mol. The normalized spacial score (nSPS) is 12.0. The Bertz CT molecular complexity index is 237. The van der Waals surface area contributed by atoms with Gasteiger partial charge in [-0.15, -0.1) is 0 Å². The van der Waals surface area contributed by atoms with Crippen LogP contribution in [0.2, 0.25) is 0 Å². The Kier molecular flexibility index (Phi) is 5.93. The average molecular weight is 211 g/mol.